The first kappa shape index (κ1) is 13.5. The van der Waals surface area contributed by atoms with E-state index in [2.05, 4.69) is 45.7 Å². The fourth-order valence-corrected chi connectivity index (χ4v) is 1.91. The summed E-state index contributed by atoms with van der Waals surface area (Å²) in [6.07, 6.45) is 12.3. The molecule has 1 aliphatic carbocycles. The lowest BCUT2D eigenvalue weighted by atomic mass is 9.87. The third-order valence-corrected chi connectivity index (χ3v) is 3.25. The first-order chi connectivity index (χ1) is 8.06. The second kappa shape index (κ2) is 6.24. The molecule has 0 heteroatoms. The van der Waals surface area contributed by atoms with E-state index in [1.54, 1.807) is 6.08 Å². The first-order valence-corrected chi connectivity index (χ1v) is 6.09. The molecule has 0 N–H and O–H groups in total. The van der Waals surface area contributed by atoms with E-state index < -0.39 is 0 Å². The molecule has 0 amide bonds. The van der Waals surface area contributed by atoms with Gasteiger partial charge in [-0.1, -0.05) is 68.2 Å². The molecule has 0 saturated carbocycles. The Balaban J connectivity index is 2.89. The molecular formula is C17H22. The first-order valence-electron chi connectivity index (χ1n) is 6.09. The fourth-order valence-electron chi connectivity index (χ4n) is 1.91. The Morgan fingerprint density at radius 3 is 2.71 bits per heavy atom. The molecule has 1 atom stereocenters. The molecule has 1 aliphatic rings. The zero-order chi connectivity index (χ0) is 12.8. The van der Waals surface area contributed by atoms with E-state index in [1.807, 2.05) is 12.2 Å². The van der Waals surface area contributed by atoms with Gasteiger partial charge in [0.05, 0.1) is 0 Å². The highest BCUT2D eigenvalue weighted by Gasteiger charge is 2.14. The highest BCUT2D eigenvalue weighted by atomic mass is 14.2. The van der Waals surface area contributed by atoms with Crippen molar-refractivity contribution in [3.8, 4) is 0 Å². The maximum Gasteiger partial charge on any atom is 0.00576 e. The van der Waals surface area contributed by atoms with Gasteiger partial charge in [-0.2, -0.15) is 0 Å². The number of hydrogen-bond acceptors (Lipinski definition) is 0. The predicted molar refractivity (Wildman–Crippen MR) is 77.9 cm³/mol. The predicted octanol–water partition coefficient (Wildman–Crippen LogP) is 5.14. The Morgan fingerprint density at radius 1 is 1.35 bits per heavy atom. The Bertz CT molecular complexity index is 413. The quantitative estimate of drug-likeness (QED) is 0.582. The molecule has 0 bridgehead atoms. The zero-order valence-corrected chi connectivity index (χ0v) is 11.0. The van der Waals surface area contributed by atoms with E-state index in [1.165, 1.54) is 16.7 Å². The molecule has 0 spiro atoms. The third kappa shape index (κ3) is 3.74. The summed E-state index contributed by atoms with van der Waals surface area (Å²) < 4.78 is 0. The molecule has 0 heterocycles. The lowest BCUT2D eigenvalue weighted by Crippen LogP contribution is -2.03. The van der Waals surface area contributed by atoms with Gasteiger partial charge in [-0.3, -0.25) is 0 Å². The van der Waals surface area contributed by atoms with Crippen LogP contribution in [-0.2, 0) is 0 Å². The summed E-state index contributed by atoms with van der Waals surface area (Å²) in [5.74, 6) is 0.320. The van der Waals surface area contributed by atoms with Gasteiger partial charge in [0.15, 0.2) is 0 Å². The van der Waals surface area contributed by atoms with E-state index in [0.717, 1.165) is 18.4 Å². The van der Waals surface area contributed by atoms with E-state index in [9.17, 15) is 0 Å². The van der Waals surface area contributed by atoms with Gasteiger partial charge in [0.25, 0.3) is 0 Å². The second-order valence-electron chi connectivity index (χ2n) is 4.63. The van der Waals surface area contributed by atoms with Gasteiger partial charge in [0.2, 0.25) is 0 Å². The average Bonchev–Trinajstić information content (AvgIpc) is 2.48. The highest BCUT2D eigenvalue weighted by molar-refractivity contribution is 5.42. The van der Waals surface area contributed by atoms with Crippen LogP contribution in [0.15, 0.2) is 72.4 Å². The molecule has 1 unspecified atom stereocenters. The molecule has 0 aromatic heterocycles. The molecule has 0 aromatic rings. The summed E-state index contributed by atoms with van der Waals surface area (Å²) in [6.45, 7) is 16.3. The molecule has 0 radical (unpaired) electrons. The van der Waals surface area contributed by atoms with Gasteiger partial charge < -0.3 is 0 Å². The fraction of sp³-hybridized carbons (Fsp3) is 0.294. The molecule has 0 saturated heterocycles. The molecule has 0 nitrogen and oxygen atoms in total. The van der Waals surface area contributed by atoms with Crippen molar-refractivity contribution in [1.82, 2.24) is 0 Å². The van der Waals surface area contributed by atoms with Crippen molar-refractivity contribution >= 4 is 0 Å². The van der Waals surface area contributed by atoms with Gasteiger partial charge in [0, 0.05) is 5.92 Å². The lowest BCUT2D eigenvalue weighted by Gasteiger charge is -2.17. The maximum atomic E-state index is 4.19. The normalized spacial score (nSPS) is 18.4. The number of hydrogen-bond donors (Lipinski definition) is 0. The lowest BCUT2D eigenvalue weighted by molar-refractivity contribution is 0.811. The topological polar surface area (TPSA) is 0 Å². The number of rotatable bonds is 4. The van der Waals surface area contributed by atoms with Gasteiger partial charge in [-0.15, -0.1) is 0 Å². The highest BCUT2D eigenvalue weighted by Crippen LogP contribution is 2.30. The summed E-state index contributed by atoms with van der Waals surface area (Å²) in [7, 11) is 0. The monoisotopic (exact) mass is 226 g/mol. The van der Waals surface area contributed by atoms with Crippen molar-refractivity contribution in [2.75, 3.05) is 0 Å². The zero-order valence-electron chi connectivity index (χ0n) is 11.0. The summed E-state index contributed by atoms with van der Waals surface area (Å²) in [5.41, 5.74) is 5.06. The minimum atomic E-state index is 0.320. The van der Waals surface area contributed by atoms with Crippen molar-refractivity contribution in [2.45, 2.75) is 26.7 Å². The van der Waals surface area contributed by atoms with E-state index >= 15 is 0 Å². The van der Waals surface area contributed by atoms with E-state index in [0.29, 0.717) is 5.92 Å². The Morgan fingerprint density at radius 2 is 2.06 bits per heavy atom. The Kier molecular flexibility index (Phi) is 4.96. The van der Waals surface area contributed by atoms with Gasteiger partial charge in [-0.25, -0.2) is 0 Å². The maximum absolute atomic E-state index is 4.19. The van der Waals surface area contributed by atoms with E-state index in [4.69, 9.17) is 0 Å². The molecule has 0 aliphatic heterocycles. The van der Waals surface area contributed by atoms with Gasteiger partial charge in [0.1, 0.15) is 0 Å². The van der Waals surface area contributed by atoms with Crippen molar-refractivity contribution in [2.24, 2.45) is 5.92 Å². The summed E-state index contributed by atoms with van der Waals surface area (Å²) in [6, 6.07) is 0. The molecule has 0 fully saturated rings. The third-order valence-electron chi connectivity index (χ3n) is 3.25. The summed E-state index contributed by atoms with van der Waals surface area (Å²) in [4.78, 5) is 0. The van der Waals surface area contributed by atoms with Crippen LogP contribution in [0.25, 0.3) is 0 Å². The molecule has 0 aromatic carbocycles. The molecule has 17 heavy (non-hydrogen) atoms. The van der Waals surface area contributed by atoms with Crippen molar-refractivity contribution in [1.29, 1.82) is 0 Å². The minimum Gasteiger partial charge on any atom is -0.0991 e. The van der Waals surface area contributed by atoms with Crippen LogP contribution in [0.4, 0.5) is 0 Å². The summed E-state index contributed by atoms with van der Waals surface area (Å²) >= 11 is 0. The van der Waals surface area contributed by atoms with Crippen molar-refractivity contribution in [3.05, 3.63) is 72.4 Å². The van der Waals surface area contributed by atoms with Crippen LogP contribution in [0.3, 0.4) is 0 Å². The van der Waals surface area contributed by atoms with Crippen molar-refractivity contribution < 1.29 is 0 Å². The molecule has 1 rings (SSSR count). The van der Waals surface area contributed by atoms with Crippen LogP contribution in [-0.4, -0.2) is 0 Å². The second-order valence-corrected chi connectivity index (χ2v) is 4.63. The largest absolute Gasteiger partial charge is 0.0991 e. The van der Waals surface area contributed by atoms with Gasteiger partial charge >= 0.3 is 0 Å². The minimum absolute atomic E-state index is 0.320. The standard InChI is InChI=1S/C17H22/c1-6-7-8-14(3)16(5)17-12-10-13(2)9-11-15(17)4/h6-8,10,12,16H,1,3-4,9,11H2,2,5H3/b8-7-. The summed E-state index contributed by atoms with van der Waals surface area (Å²) in [5, 5.41) is 0. The van der Waals surface area contributed by atoms with Crippen LogP contribution in [0.2, 0.25) is 0 Å². The Labute approximate surface area is 105 Å². The van der Waals surface area contributed by atoms with Crippen molar-refractivity contribution in [3.63, 3.8) is 0 Å². The number of allylic oxidation sites excluding steroid dienone is 9. The molecule has 90 valence electrons. The average molecular weight is 226 g/mol. The van der Waals surface area contributed by atoms with E-state index in [-0.39, 0.29) is 0 Å². The van der Waals surface area contributed by atoms with Gasteiger partial charge in [-0.05, 0) is 30.9 Å². The molecular weight excluding hydrogens is 204 g/mol. The van der Waals surface area contributed by atoms with Crippen LogP contribution >= 0.6 is 0 Å². The Hall–Kier alpha value is -1.56. The smallest absolute Gasteiger partial charge is 0.00576 e. The SMILES string of the molecule is C=C/C=C\C(=C)C(C)C1=CC=C(C)CCC1=C. The van der Waals surface area contributed by atoms with Crippen LogP contribution in [0.1, 0.15) is 26.7 Å². The van der Waals surface area contributed by atoms with Crippen LogP contribution in [0, 0.1) is 5.92 Å². The van der Waals surface area contributed by atoms with Crippen LogP contribution < -0.4 is 0 Å². The van der Waals surface area contributed by atoms with Crippen LogP contribution in [0.5, 0.6) is 0 Å².